The zero-order valence-corrected chi connectivity index (χ0v) is 11.3. The minimum Gasteiger partial charge on any atom is -0.379 e. The smallest absolute Gasteiger partial charge is 0.379 e. The lowest BCUT2D eigenvalue weighted by atomic mass is 9.96. The zero-order chi connectivity index (χ0) is 14.9. The van der Waals surface area contributed by atoms with Gasteiger partial charge in [0.25, 0.3) is 0 Å². The molecule has 5 nitrogen and oxygen atoms in total. The van der Waals surface area contributed by atoms with Crippen molar-refractivity contribution in [3.63, 3.8) is 0 Å². The number of hydrogen-bond donors (Lipinski definition) is 1. The first-order valence-corrected chi connectivity index (χ1v) is 6.30. The quantitative estimate of drug-likeness (QED) is 0.901. The number of rotatable bonds is 2. The molecule has 1 aliphatic heterocycles. The first-order valence-electron chi connectivity index (χ1n) is 6.30. The van der Waals surface area contributed by atoms with Gasteiger partial charge in [0.05, 0.1) is 6.10 Å². The molecule has 0 saturated carbocycles. The standard InChI is InChI=1S/C12H17F3N4O/c1-7-3-4-19(6-8(7)20-2)10-5-9(12(13,14)15)17-11(16)18-10/h5,7-8H,3-4,6H2,1-2H3,(H2,16,17,18). The summed E-state index contributed by atoms with van der Waals surface area (Å²) in [5.74, 6) is 0.179. The fourth-order valence-electron chi connectivity index (χ4n) is 2.31. The molecule has 112 valence electrons. The maximum absolute atomic E-state index is 12.7. The van der Waals surface area contributed by atoms with E-state index in [1.807, 2.05) is 0 Å². The Kier molecular flexibility index (Phi) is 4.03. The van der Waals surface area contributed by atoms with Gasteiger partial charge in [0.15, 0.2) is 5.69 Å². The first-order chi connectivity index (χ1) is 9.31. The third-order valence-corrected chi connectivity index (χ3v) is 3.54. The predicted molar refractivity (Wildman–Crippen MR) is 68.2 cm³/mol. The van der Waals surface area contributed by atoms with E-state index in [0.29, 0.717) is 19.0 Å². The van der Waals surface area contributed by atoms with E-state index in [2.05, 4.69) is 16.9 Å². The van der Waals surface area contributed by atoms with Gasteiger partial charge in [-0.25, -0.2) is 4.98 Å². The number of ether oxygens (including phenoxy) is 1. The molecule has 2 heterocycles. The van der Waals surface area contributed by atoms with E-state index >= 15 is 0 Å². The second-order valence-electron chi connectivity index (χ2n) is 4.95. The van der Waals surface area contributed by atoms with Crippen molar-refractivity contribution in [1.82, 2.24) is 9.97 Å². The number of nitrogen functional groups attached to an aromatic ring is 1. The molecular weight excluding hydrogens is 273 g/mol. The van der Waals surface area contributed by atoms with E-state index in [1.165, 1.54) is 0 Å². The summed E-state index contributed by atoms with van der Waals surface area (Å²) >= 11 is 0. The molecule has 0 radical (unpaired) electrons. The number of methoxy groups -OCH3 is 1. The lowest BCUT2D eigenvalue weighted by molar-refractivity contribution is -0.141. The zero-order valence-electron chi connectivity index (χ0n) is 11.3. The average Bonchev–Trinajstić information content (AvgIpc) is 2.37. The Morgan fingerprint density at radius 1 is 1.40 bits per heavy atom. The maximum Gasteiger partial charge on any atom is 0.433 e. The summed E-state index contributed by atoms with van der Waals surface area (Å²) < 4.78 is 43.5. The van der Waals surface area contributed by atoms with Crippen molar-refractivity contribution in [3.05, 3.63) is 11.8 Å². The Labute approximate surface area is 114 Å². The number of alkyl halides is 3. The highest BCUT2D eigenvalue weighted by molar-refractivity contribution is 5.44. The fraction of sp³-hybridized carbons (Fsp3) is 0.667. The molecule has 0 aliphatic carbocycles. The SMILES string of the molecule is COC1CN(c2cc(C(F)(F)F)nc(N)n2)CCC1C. The van der Waals surface area contributed by atoms with Gasteiger partial charge in [0.1, 0.15) is 5.82 Å². The highest BCUT2D eigenvalue weighted by Crippen LogP contribution is 2.31. The Hall–Kier alpha value is -1.57. The summed E-state index contributed by atoms with van der Waals surface area (Å²) in [6.45, 7) is 3.17. The minimum absolute atomic E-state index is 0.0331. The van der Waals surface area contributed by atoms with Crippen LogP contribution >= 0.6 is 0 Å². The number of halogens is 3. The van der Waals surface area contributed by atoms with Gasteiger partial charge in [-0.2, -0.15) is 18.2 Å². The predicted octanol–water partition coefficient (Wildman–Crippen LogP) is 1.94. The van der Waals surface area contributed by atoms with Gasteiger partial charge in [-0.3, -0.25) is 0 Å². The molecule has 2 unspecified atom stereocenters. The number of piperidine rings is 1. The summed E-state index contributed by atoms with van der Waals surface area (Å²) in [4.78, 5) is 8.89. The summed E-state index contributed by atoms with van der Waals surface area (Å²) in [6, 6.07) is 0.930. The minimum atomic E-state index is -4.53. The van der Waals surface area contributed by atoms with Crippen molar-refractivity contribution in [1.29, 1.82) is 0 Å². The summed E-state index contributed by atoms with van der Waals surface area (Å²) in [5, 5.41) is 0. The normalized spacial score (nSPS) is 23.9. The largest absolute Gasteiger partial charge is 0.433 e. The number of nitrogens with zero attached hydrogens (tertiary/aromatic N) is 3. The molecule has 8 heteroatoms. The Morgan fingerprint density at radius 3 is 2.70 bits per heavy atom. The maximum atomic E-state index is 12.7. The number of aromatic nitrogens is 2. The van der Waals surface area contributed by atoms with E-state index in [0.717, 1.165) is 12.5 Å². The van der Waals surface area contributed by atoms with Crippen molar-refractivity contribution in [2.75, 3.05) is 30.8 Å². The van der Waals surface area contributed by atoms with Crippen molar-refractivity contribution in [3.8, 4) is 0 Å². The van der Waals surface area contributed by atoms with Crippen molar-refractivity contribution in [2.45, 2.75) is 25.6 Å². The van der Waals surface area contributed by atoms with Crippen LogP contribution in [0.5, 0.6) is 0 Å². The lowest BCUT2D eigenvalue weighted by Crippen LogP contribution is -2.44. The molecule has 1 saturated heterocycles. The molecule has 0 aromatic carbocycles. The molecule has 20 heavy (non-hydrogen) atoms. The van der Waals surface area contributed by atoms with Gasteiger partial charge < -0.3 is 15.4 Å². The molecule has 2 rings (SSSR count). The third kappa shape index (κ3) is 3.12. The van der Waals surface area contributed by atoms with Crippen molar-refractivity contribution in [2.24, 2.45) is 5.92 Å². The van der Waals surface area contributed by atoms with Crippen molar-refractivity contribution >= 4 is 11.8 Å². The second kappa shape index (κ2) is 5.43. The van der Waals surface area contributed by atoms with Crippen LogP contribution in [0.4, 0.5) is 24.9 Å². The van der Waals surface area contributed by atoms with E-state index in [9.17, 15) is 13.2 Å². The van der Waals surface area contributed by atoms with Crippen LogP contribution in [-0.2, 0) is 10.9 Å². The number of hydrogen-bond acceptors (Lipinski definition) is 5. The Morgan fingerprint density at radius 2 is 2.10 bits per heavy atom. The monoisotopic (exact) mass is 290 g/mol. The van der Waals surface area contributed by atoms with Crippen LogP contribution in [0.15, 0.2) is 6.07 Å². The van der Waals surface area contributed by atoms with Gasteiger partial charge in [0, 0.05) is 26.3 Å². The molecule has 2 atom stereocenters. The van der Waals surface area contributed by atoms with E-state index in [4.69, 9.17) is 10.5 Å². The van der Waals surface area contributed by atoms with Gasteiger partial charge in [-0.1, -0.05) is 6.92 Å². The van der Waals surface area contributed by atoms with Gasteiger partial charge in [0.2, 0.25) is 5.95 Å². The van der Waals surface area contributed by atoms with Crippen LogP contribution < -0.4 is 10.6 Å². The fourth-order valence-corrected chi connectivity index (χ4v) is 2.31. The van der Waals surface area contributed by atoms with Gasteiger partial charge in [-0.15, -0.1) is 0 Å². The molecule has 0 bridgehead atoms. The van der Waals surface area contributed by atoms with E-state index < -0.39 is 11.9 Å². The summed E-state index contributed by atoms with van der Waals surface area (Å²) in [6.07, 6.45) is -3.74. The van der Waals surface area contributed by atoms with Crippen LogP contribution in [-0.4, -0.2) is 36.3 Å². The lowest BCUT2D eigenvalue weighted by Gasteiger charge is -2.37. The average molecular weight is 290 g/mol. The van der Waals surface area contributed by atoms with Crippen molar-refractivity contribution < 1.29 is 17.9 Å². The topological polar surface area (TPSA) is 64.3 Å². The van der Waals surface area contributed by atoms with Crippen LogP contribution in [0, 0.1) is 5.92 Å². The van der Waals surface area contributed by atoms with Crippen LogP contribution in [0.2, 0.25) is 0 Å². The summed E-state index contributed by atoms with van der Waals surface area (Å²) in [5.41, 5.74) is 4.36. The molecule has 1 aliphatic rings. The van der Waals surface area contributed by atoms with Gasteiger partial charge in [-0.05, 0) is 12.3 Å². The van der Waals surface area contributed by atoms with Gasteiger partial charge >= 0.3 is 6.18 Å². The Bertz CT molecular complexity index is 480. The molecule has 0 amide bonds. The highest BCUT2D eigenvalue weighted by Gasteiger charge is 2.35. The molecule has 0 spiro atoms. The first kappa shape index (κ1) is 14.8. The number of nitrogens with two attached hydrogens (primary N) is 1. The molecule has 1 aromatic heterocycles. The number of anilines is 2. The molecule has 1 fully saturated rings. The Balaban J connectivity index is 2.27. The summed E-state index contributed by atoms with van der Waals surface area (Å²) in [7, 11) is 1.60. The van der Waals surface area contributed by atoms with E-state index in [-0.39, 0.29) is 17.9 Å². The van der Waals surface area contributed by atoms with E-state index in [1.54, 1.807) is 12.0 Å². The molecule has 2 N–H and O–H groups in total. The van der Waals surface area contributed by atoms with Crippen LogP contribution in [0.1, 0.15) is 19.0 Å². The molecule has 1 aromatic rings. The second-order valence-corrected chi connectivity index (χ2v) is 4.95. The highest BCUT2D eigenvalue weighted by atomic mass is 19.4. The van der Waals surface area contributed by atoms with Crippen LogP contribution in [0.3, 0.4) is 0 Å². The molecular formula is C12H17F3N4O. The third-order valence-electron chi connectivity index (χ3n) is 3.54. The van der Waals surface area contributed by atoms with Crippen LogP contribution in [0.25, 0.3) is 0 Å².